The molecule has 2 fully saturated rings. The lowest BCUT2D eigenvalue weighted by molar-refractivity contribution is -0.133. The van der Waals surface area contributed by atoms with E-state index in [-0.39, 0.29) is 30.4 Å². The summed E-state index contributed by atoms with van der Waals surface area (Å²) in [6, 6.07) is 9.21. The minimum Gasteiger partial charge on any atom is -0.341 e. The summed E-state index contributed by atoms with van der Waals surface area (Å²) >= 11 is 0. The van der Waals surface area contributed by atoms with Crippen molar-refractivity contribution in [1.29, 1.82) is 0 Å². The van der Waals surface area contributed by atoms with Crippen LogP contribution in [0.3, 0.4) is 0 Å². The van der Waals surface area contributed by atoms with E-state index in [9.17, 15) is 9.59 Å². The summed E-state index contributed by atoms with van der Waals surface area (Å²) in [5.41, 5.74) is 6.96. The number of hydrogen-bond donors (Lipinski definition) is 3. The van der Waals surface area contributed by atoms with Crippen molar-refractivity contribution in [3.63, 3.8) is 0 Å². The van der Waals surface area contributed by atoms with Crippen LogP contribution < -0.4 is 16.4 Å². The Hall–Kier alpha value is -1.79. The van der Waals surface area contributed by atoms with Gasteiger partial charge in [0.25, 0.3) is 0 Å². The third-order valence-electron chi connectivity index (χ3n) is 5.51. The molecule has 3 amide bonds. The molecule has 1 aromatic rings. The van der Waals surface area contributed by atoms with Crippen molar-refractivity contribution in [2.24, 2.45) is 5.73 Å². The molecule has 7 heteroatoms. The standard InChI is InChI=1S/C20H30N4O2.ClH/c21-18(15-7-3-1-4-8-15)19(25)24-13-11-17(12-14-24)23-20(26)22-16-9-5-2-6-10-16;/h1,3-4,7-8,16-18H,2,5-6,9-14,21H2,(H2,22,23,26);1H. The Bertz CT molecular complexity index is 599. The monoisotopic (exact) mass is 394 g/mol. The van der Waals surface area contributed by atoms with Gasteiger partial charge in [-0.1, -0.05) is 49.6 Å². The molecule has 1 aromatic carbocycles. The average Bonchev–Trinajstić information content (AvgIpc) is 2.69. The molecule has 1 aliphatic heterocycles. The fourth-order valence-corrected chi connectivity index (χ4v) is 3.90. The van der Waals surface area contributed by atoms with Crippen molar-refractivity contribution in [3.05, 3.63) is 35.9 Å². The average molecular weight is 395 g/mol. The molecule has 1 aliphatic carbocycles. The van der Waals surface area contributed by atoms with Crippen LogP contribution in [0.4, 0.5) is 4.79 Å². The molecule has 0 spiro atoms. The van der Waals surface area contributed by atoms with E-state index < -0.39 is 6.04 Å². The van der Waals surface area contributed by atoms with Crippen molar-refractivity contribution in [3.8, 4) is 0 Å². The van der Waals surface area contributed by atoms with Crippen LogP contribution >= 0.6 is 12.4 Å². The zero-order valence-corrected chi connectivity index (χ0v) is 16.5. The van der Waals surface area contributed by atoms with Gasteiger partial charge in [0.2, 0.25) is 5.91 Å². The number of carbonyl (C=O) groups is 2. The number of halogens is 1. The van der Waals surface area contributed by atoms with Crippen molar-refractivity contribution >= 4 is 24.3 Å². The minimum atomic E-state index is -0.615. The number of amides is 3. The van der Waals surface area contributed by atoms with E-state index in [1.54, 1.807) is 0 Å². The van der Waals surface area contributed by atoms with Gasteiger partial charge in [-0.2, -0.15) is 0 Å². The van der Waals surface area contributed by atoms with Gasteiger partial charge in [-0.25, -0.2) is 4.79 Å². The van der Waals surface area contributed by atoms with Crippen LogP contribution in [0, 0.1) is 0 Å². The number of likely N-dealkylation sites (tertiary alicyclic amines) is 1. The number of hydrogen-bond acceptors (Lipinski definition) is 3. The summed E-state index contributed by atoms with van der Waals surface area (Å²) in [6.45, 7) is 1.27. The molecule has 150 valence electrons. The highest BCUT2D eigenvalue weighted by molar-refractivity contribution is 5.85. The van der Waals surface area contributed by atoms with E-state index in [1.165, 1.54) is 19.3 Å². The topological polar surface area (TPSA) is 87.5 Å². The van der Waals surface area contributed by atoms with Gasteiger partial charge in [0.05, 0.1) is 0 Å². The first kappa shape index (κ1) is 21.5. The number of nitrogens with one attached hydrogen (secondary N) is 2. The van der Waals surface area contributed by atoms with Crippen molar-refractivity contribution in [1.82, 2.24) is 15.5 Å². The molecular formula is C20H31ClN4O2. The number of nitrogens with zero attached hydrogens (tertiary/aromatic N) is 1. The Morgan fingerprint density at radius 3 is 2.07 bits per heavy atom. The first-order chi connectivity index (χ1) is 12.6. The molecule has 1 atom stereocenters. The Labute approximate surface area is 167 Å². The molecule has 3 rings (SSSR count). The summed E-state index contributed by atoms with van der Waals surface area (Å²) in [6.07, 6.45) is 7.38. The van der Waals surface area contributed by atoms with Crippen LogP contribution in [-0.4, -0.2) is 42.0 Å². The molecule has 4 N–H and O–H groups in total. The lowest BCUT2D eigenvalue weighted by atomic mass is 9.96. The van der Waals surface area contributed by atoms with Crippen molar-refractivity contribution in [2.45, 2.75) is 63.1 Å². The maximum Gasteiger partial charge on any atom is 0.315 e. The molecular weight excluding hydrogens is 364 g/mol. The van der Waals surface area contributed by atoms with Crippen molar-refractivity contribution < 1.29 is 9.59 Å². The maximum atomic E-state index is 12.6. The Morgan fingerprint density at radius 2 is 1.48 bits per heavy atom. The second-order valence-electron chi connectivity index (χ2n) is 7.44. The van der Waals surface area contributed by atoms with Crippen LogP contribution in [-0.2, 0) is 4.79 Å². The molecule has 0 bridgehead atoms. The first-order valence-corrected chi connectivity index (χ1v) is 9.80. The number of piperidine rings is 1. The normalized spacial score (nSPS) is 19.7. The molecule has 1 saturated heterocycles. The lowest BCUT2D eigenvalue weighted by Gasteiger charge is -2.34. The van der Waals surface area contributed by atoms with Crippen LogP contribution in [0.1, 0.15) is 56.6 Å². The molecule has 2 aliphatic rings. The lowest BCUT2D eigenvalue weighted by Crippen LogP contribution is -2.52. The highest BCUT2D eigenvalue weighted by atomic mass is 35.5. The molecule has 1 saturated carbocycles. The van der Waals surface area contributed by atoms with E-state index in [0.29, 0.717) is 19.1 Å². The first-order valence-electron chi connectivity index (χ1n) is 9.80. The zero-order chi connectivity index (χ0) is 18.4. The summed E-state index contributed by atoms with van der Waals surface area (Å²) in [4.78, 5) is 26.6. The second-order valence-corrected chi connectivity index (χ2v) is 7.44. The summed E-state index contributed by atoms with van der Waals surface area (Å²) in [5.74, 6) is -0.0405. The fourth-order valence-electron chi connectivity index (χ4n) is 3.90. The largest absolute Gasteiger partial charge is 0.341 e. The molecule has 27 heavy (non-hydrogen) atoms. The Balaban J connectivity index is 0.00000261. The van der Waals surface area contributed by atoms with Gasteiger partial charge < -0.3 is 21.3 Å². The van der Waals surface area contributed by atoms with E-state index in [1.807, 2.05) is 35.2 Å². The Morgan fingerprint density at radius 1 is 0.926 bits per heavy atom. The van der Waals surface area contributed by atoms with Gasteiger partial charge in [-0.3, -0.25) is 4.79 Å². The third kappa shape index (κ3) is 6.11. The summed E-state index contributed by atoms with van der Waals surface area (Å²) < 4.78 is 0. The van der Waals surface area contributed by atoms with Gasteiger partial charge in [0.15, 0.2) is 0 Å². The quantitative estimate of drug-likeness (QED) is 0.733. The maximum absolute atomic E-state index is 12.6. The SMILES string of the molecule is Cl.NC(C(=O)N1CCC(NC(=O)NC2CCCCC2)CC1)c1ccccc1. The third-order valence-corrected chi connectivity index (χ3v) is 5.51. The summed E-state index contributed by atoms with van der Waals surface area (Å²) in [7, 11) is 0. The van der Waals surface area contributed by atoms with Gasteiger partial charge in [0.1, 0.15) is 6.04 Å². The Kier molecular flexibility index (Phi) is 8.38. The van der Waals surface area contributed by atoms with E-state index in [4.69, 9.17) is 5.73 Å². The van der Waals surface area contributed by atoms with E-state index in [2.05, 4.69) is 10.6 Å². The second kappa shape index (κ2) is 10.5. The van der Waals surface area contributed by atoms with Crippen LogP contribution in [0.25, 0.3) is 0 Å². The number of nitrogens with two attached hydrogens (primary N) is 1. The number of urea groups is 1. The van der Waals surface area contributed by atoms with Crippen LogP contribution in [0.5, 0.6) is 0 Å². The minimum absolute atomic E-state index is 0. The fraction of sp³-hybridized carbons (Fsp3) is 0.600. The van der Waals surface area contributed by atoms with Crippen LogP contribution in [0.2, 0.25) is 0 Å². The van der Waals surface area contributed by atoms with Crippen LogP contribution in [0.15, 0.2) is 30.3 Å². The zero-order valence-electron chi connectivity index (χ0n) is 15.7. The summed E-state index contributed by atoms with van der Waals surface area (Å²) in [5, 5.41) is 6.16. The predicted octanol–water partition coefficient (Wildman–Crippen LogP) is 2.73. The molecule has 0 radical (unpaired) electrons. The van der Waals surface area contributed by atoms with Gasteiger partial charge in [-0.05, 0) is 31.2 Å². The predicted molar refractivity (Wildman–Crippen MR) is 109 cm³/mol. The number of rotatable bonds is 4. The molecule has 1 heterocycles. The number of benzene rings is 1. The molecule has 6 nitrogen and oxygen atoms in total. The highest BCUT2D eigenvalue weighted by Gasteiger charge is 2.28. The van der Waals surface area contributed by atoms with Gasteiger partial charge in [0, 0.05) is 25.2 Å². The number of carbonyl (C=O) groups excluding carboxylic acids is 2. The van der Waals surface area contributed by atoms with Gasteiger partial charge >= 0.3 is 6.03 Å². The van der Waals surface area contributed by atoms with E-state index >= 15 is 0 Å². The molecule has 1 unspecified atom stereocenters. The van der Waals surface area contributed by atoms with E-state index in [0.717, 1.165) is 31.2 Å². The van der Waals surface area contributed by atoms with Gasteiger partial charge in [-0.15, -0.1) is 12.4 Å². The van der Waals surface area contributed by atoms with Crippen molar-refractivity contribution in [2.75, 3.05) is 13.1 Å². The highest BCUT2D eigenvalue weighted by Crippen LogP contribution is 2.19. The smallest absolute Gasteiger partial charge is 0.315 e. The molecule has 0 aromatic heterocycles.